The van der Waals surface area contributed by atoms with Crippen molar-refractivity contribution in [2.45, 2.75) is 55.9 Å². The van der Waals surface area contributed by atoms with Gasteiger partial charge in [0, 0.05) is 17.9 Å². The number of rotatable bonds is 6. The van der Waals surface area contributed by atoms with Gasteiger partial charge in [0.05, 0.1) is 20.8 Å². The van der Waals surface area contributed by atoms with Gasteiger partial charge in [-0.2, -0.15) is 0 Å². The van der Waals surface area contributed by atoms with E-state index in [1.54, 1.807) is 12.2 Å². The van der Waals surface area contributed by atoms with Crippen LogP contribution in [0.1, 0.15) is 24.5 Å². The Hall–Kier alpha value is -2.92. The van der Waals surface area contributed by atoms with Gasteiger partial charge in [0.1, 0.15) is 18.3 Å². The molecule has 1 saturated heterocycles. The molecule has 0 bridgehead atoms. The first-order valence-corrected chi connectivity index (χ1v) is 10.9. The molecule has 10 nitrogen and oxygen atoms in total. The van der Waals surface area contributed by atoms with Crippen molar-refractivity contribution in [3.8, 4) is 17.2 Å². The third kappa shape index (κ3) is 4.07. The smallest absolute Gasteiger partial charge is 0.303 e. The largest absolute Gasteiger partial charge is 0.493 e. The van der Waals surface area contributed by atoms with Gasteiger partial charge in [-0.05, 0) is 36.6 Å². The number of carbonyl (C=O) groups excluding carboxylic acids is 2. The first kappa shape index (κ1) is 24.2. The Kier molecular flexibility index (Phi) is 6.68. The summed E-state index contributed by atoms with van der Waals surface area (Å²) >= 11 is 0. The highest BCUT2D eigenvalue weighted by Crippen LogP contribution is 2.54. The van der Waals surface area contributed by atoms with Crippen molar-refractivity contribution in [1.29, 1.82) is 0 Å². The van der Waals surface area contributed by atoms with Crippen LogP contribution in [0.4, 0.5) is 0 Å². The van der Waals surface area contributed by atoms with Crippen molar-refractivity contribution in [2.24, 2.45) is 0 Å². The Balaban J connectivity index is 1.84. The van der Waals surface area contributed by atoms with Crippen LogP contribution in [0, 0.1) is 0 Å². The van der Waals surface area contributed by atoms with E-state index in [0.29, 0.717) is 18.6 Å². The molecule has 10 heteroatoms. The summed E-state index contributed by atoms with van der Waals surface area (Å²) in [5.74, 6) is 0.0163. The van der Waals surface area contributed by atoms with Crippen molar-refractivity contribution < 1.29 is 48.6 Å². The third-order valence-electron chi connectivity index (χ3n) is 6.43. The van der Waals surface area contributed by atoms with Crippen LogP contribution in [0.5, 0.6) is 17.2 Å². The Bertz CT molecular complexity index is 1010. The molecule has 1 heterocycles. The van der Waals surface area contributed by atoms with E-state index in [4.69, 9.17) is 23.7 Å². The minimum atomic E-state index is -1.58. The molecule has 34 heavy (non-hydrogen) atoms. The topological polar surface area (TPSA) is 141 Å². The fourth-order valence-electron chi connectivity index (χ4n) is 4.79. The number of fused-ring (bicyclic) bond motifs is 2. The second-order valence-corrected chi connectivity index (χ2v) is 8.48. The average Bonchev–Trinajstić information content (AvgIpc) is 3.17. The van der Waals surface area contributed by atoms with Gasteiger partial charge in [0.25, 0.3) is 0 Å². The predicted molar refractivity (Wildman–Crippen MR) is 117 cm³/mol. The van der Waals surface area contributed by atoms with Gasteiger partial charge >= 0.3 is 5.97 Å². The fourth-order valence-corrected chi connectivity index (χ4v) is 4.79. The zero-order valence-electron chi connectivity index (χ0n) is 19.1. The summed E-state index contributed by atoms with van der Waals surface area (Å²) in [7, 11) is 2.92. The minimum Gasteiger partial charge on any atom is -0.493 e. The average molecular weight is 476 g/mol. The molecule has 0 aromatic heterocycles. The van der Waals surface area contributed by atoms with Gasteiger partial charge in [-0.3, -0.25) is 9.59 Å². The summed E-state index contributed by atoms with van der Waals surface area (Å²) in [6.45, 7) is 0.553. The molecule has 0 amide bonds. The number of aryl methyl sites for hydroxylation is 1. The highest BCUT2D eigenvalue weighted by molar-refractivity contribution is 6.01. The minimum absolute atomic E-state index is 0.129. The first-order valence-electron chi connectivity index (χ1n) is 10.9. The van der Waals surface area contributed by atoms with Crippen molar-refractivity contribution >= 4 is 11.8 Å². The van der Waals surface area contributed by atoms with E-state index in [2.05, 4.69) is 0 Å². The monoisotopic (exact) mass is 476 g/mol. The van der Waals surface area contributed by atoms with Crippen LogP contribution in [-0.4, -0.2) is 78.6 Å². The van der Waals surface area contributed by atoms with E-state index < -0.39 is 48.7 Å². The predicted octanol–water partition coefficient (Wildman–Crippen LogP) is 0.332. The molecule has 4 rings (SSSR count). The lowest BCUT2D eigenvalue weighted by Gasteiger charge is -2.41. The fraction of sp³-hybridized carbons (Fsp3) is 0.500. The number of ketones is 1. The van der Waals surface area contributed by atoms with E-state index in [1.165, 1.54) is 26.4 Å². The summed E-state index contributed by atoms with van der Waals surface area (Å²) < 4.78 is 28.3. The number of benzene rings is 1. The Morgan fingerprint density at radius 1 is 1.15 bits per heavy atom. The molecule has 1 spiro atoms. The maximum absolute atomic E-state index is 11.8. The Labute approximate surface area is 196 Å². The van der Waals surface area contributed by atoms with Crippen LogP contribution in [0.15, 0.2) is 30.4 Å². The molecule has 1 fully saturated rings. The van der Waals surface area contributed by atoms with Gasteiger partial charge in [0.2, 0.25) is 12.0 Å². The Morgan fingerprint density at radius 2 is 1.85 bits per heavy atom. The van der Waals surface area contributed by atoms with Gasteiger partial charge in [-0.1, -0.05) is 12.2 Å². The van der Waals surface area contributed by atoms with Crippen molar-refractivity contribution in [3.05, 3.63) is 41.5 Å². The Morgan fingerprint density at radius 3 is 2.44 bits per heavy atom. The molecule has 2 aliphatic carbocycles. The number of allylic oxidation sites excluding steroid dienone is 4. The number of esters is 1. The number of hydrogen-bond donors (Lipinski definition) is 3. The molecule has 184 valence electrons. The summed E-state index contributed by atoms with van der Waals surface area (Å²) in [6.07, 6.45) is 0.881. The summed E-state index contributed by atoms with van der Waals surface area (Å²) in [4.78, 5) is 23.6. The standard InChI is InChI=1S/C24H28O10/c1-12(26)32-22-19(29)18(28)16(11-25)33-23(22)34-21-17-13(10-15(30-2)20(21)31-3)4-7-24(17)8-5-14(27)6-9-24/h5-6,8-10,16,18-19,22-23,25,28-29H,4,7,11H2,1-3H3/t16-,18-,19+,22-,23+/m1/s1. The van der Waals surface area contributed by atoms with E-state index in [0.717, 1.165) is 18.1 Å². The molecule has 3 N–H and O–H groups in total. The number of carbonyl (C=O) groups is 2. The maximum atomic E-state index is 11.8. The van der Waals surface area contributed by atoms with Crippen LogP contribution >= 0.6 is 0 Å². The van der Waals surface area contributed by atoms with Gasteiger partial charge in [-0.15, -0.1) is 0 Å². The van der Waals surface area contributed by atoms with E-state index in [9.17, 15) is 24.9 Å². The van der Waals surface area contributed by atoms with Crippen molar-refractivity contribution in [2.75, 3.05) is 20.8 Å². The highest BCUT2D eigenvalue weighted by Gasteiger charge is 2.49. The third-order valence-corrected chi connectivity index (χ3v) is 6.43. The summed E-state index contributed by atoms with van der Waals surface area (Å²) in [5.41, 5.74) is 0.963. The zero-order chi connectivity index (χ0) is 24.6. The molecule has 0 radical (unpaired) electrons. The summed E-state index contributed by atoms with van der Waals surface area (Å²) in [6, 6.07) is 1.84. The lowest BCUT2D eigenvalue weighted by Crippen LogP contribution is -2.61. The normalized spacial score (nSPS) is 29.1. The van der Waals surface area contributed by atoms with Gasteiger partial charge in [0.15, 0.2) is 23.4 Å². The molecule has 5 atom stereocenters. The SMILES string of the molecule is COc1cc2c(c(O[C@@H]3O[C@H](CO)[C@@H](O)[C@H](O)[C@H]3OC(C)=O)c1OC)C1(C=CC(=O)C=C1)CC2. The molecular weight excluding hydrogens is 448 g/mol. The van der Waals surface area contributed by atoms with E-state index >= 15 is 0 Å². The maximum Gasteiger partial charge on any atom is 0.303 e. The number of ether oxygens (including phenoxy) is 5. The lowest BCUT2D eigenvalue weighted by atomic mass is 9.78. The lowest BCUT2D eigenvalue weighted by molar-refractivity contribution is -0.282. The van der Waals surface area contributed by atoms with Crippen LogP contribution in [0.2, 0.25) is 0 Å². The molecule has 0 unspecified atom stereocenters. The quantitative estimate of drug-likeness (QED) is 0.492. The molecule has 0 saturated carbocycles. The molecule has 3 aliphatic rings. The molecule has 1 aliphatic heterocycles. The van der Waals surface area contributed by atoms with Crippen molar-refractivity contribution in [1.82, 2.24) is 0 Å². The second kappa shape index (κ2) is 9.38. The van der Waals surface area contributed by atoms with Crippen LogP contribution < -0.4 is 14.2 Å². The molecule has 1 aromatic rings. The van der Waals surface area contributed by atoms with Crippen LogP contribution in [0.3, 0.4) is 0 Å². The van der Waals surface area contributed by atoms with E-state index in [1.807, 2.05) is 6.07 Å². The zero-order valence-corrected chi connectivity index (χ0v) is 19.1. The number of aliphatic hydroxyl groups excluding tert-OH is 3. The van der Waals surface area contributed by atoms with Gasteiger partial charge < -0.3 is 39.0 Å². The van der Waals surface area contributed by atoms with Crippen molar-refractivity contribution in [3.63, 3.8) is 0 Å². The molecular formula is C24H28O10. The first-order chi connectivity index (χ1) is 16.2. The van der Waals surface area contributed by atoms with Crippen LogP contribution in [0.25, 0.3) is 0 Å². The number of methoxy groups -OCH3 is 2. The van der Waals surface area contributed by atoms with Gasteiger partial charge in [-0.25, -0.2) is 0 Å². The second-order valence-electron chi connectivity index (χ2n) is 8.48. The van der Waals surface area contributed by atoms with Crippen LogP contribution in [-0.2, 0) is 30.9 Å². The number of aliphatic hydroxyl groups is 3. The summed E-state index contributed by atoms with van der Waals surface area (Å²) in [5, 5.41) is 30.5. The highest BCUT2D eigenvalue weighted by atomic mass is 16.7. The van der Waals surface area contributed by atoms with E-state index in [-0.39, 0.29) is 17.3 Å². The number of hydrogen-bond acceptors (Lipinski definition) is 10. The molecule has 1 aromatic carbocycles.